The second kappa shape index (κ2) is 10.6. The third kappa shape index (κ3) is 5.25. The summed E-state index contributed by atoms with van der Waals surface area (Å²) in [6.45, 7) is 2.24. The zero-order chi connectivity index (χ0) is 26.9. The molecule has 1 aliphatic rings. The van der Waals surface area contributed by atoms with Gasteiger partial charge in [-0.05, 0) is 31.5 Å². The zero-order valence-electron chi connectivity index (χ0n) is 20.1. The Hall–Kier alpha value is -3.27. The maximum Gasteiger partial charge on any atom is 0.301 e. The van der Waals surface area contributed by atoms with Crippen molar-refractivity contribution in [2.45, 2.75) is 19.5 Å². The van der Waals surface area contributed by atoms with Crippen molar-refractivity contribution >= 4 is 32.9 Å². The van der Waals surface area contributed by atoms with Crippen LogP contribution < -0.4 is 21.1 Å². The van der Waals surface area contributed by atoms with E-state index in [1.165, 1.54) is 24.4 Å². The Bertz CT molecular complexity index is 1490. The summed E-state index contributed by atoms with van der Waals surface area (Å²) in [5.41, 5.74) is 3.21. The van der Waals surface area contributed by atoms with Crippen LogP contribution in [0.4, 0.5) is 24.8 Å². The summed E-state index contributed by atoms with van der Waals surface area (Å²) in [4.78, 5) is 27.2. The molecule has 3 heterocycles. The number of benzene rings is 1. The Morgan fingerprint density at radius 1 is 1.32 bits per heavy atom. The molecule has 0 bridgehead atoms. The highest BCUT2D eigenvalue weighted by Crippen LogP contribution is 2.31. The number of fused-ring (bicyclic) bond motifs is 1. The van der Waals surface area contributed by atoms with Crippen LogP contribution in [0, 0.1) is 11.6 Å². The first-order valence-electron chi connectivity index (χ1n) is 11.4. The van der Waals surface area contributed by atoms with Crippen molar-refractivity contribution in [3.05, 3.63) is 46.4 Å². The molecule has 1 fully saturated rings. The molecule has 3 aromatic rings. The van der Waals surface area contributed by atoms with E-state index in [2.05, 4.69) is 9.97 Å². The standard InChI is InChI=1S/C22H26F3N7O4S/c1-3-32(36-9-7-26)22-27-11-13-10-15(21(33)30(2)20(13)28-22)18-16(24)4-5-17(19(18)25)29-37(34,35)31-8-6-14(23)12-31/h4-5,10-11,14,29H,3,6-9,12,26H2,1-2H3/t14-/m1/s1. The Morgan fingerprint density at radius 3 is 2.73 bits per heavy atom. The summed E-state index contributed by atoms with van der Waals surface area (Å²) in [5.74, 6) is -2.20. The van der Waals surface area contributed by atoms with Crippen LogP contribution in [0.5, 0.6) is 0 Å². The van der Waals surface area contributed by atoms with Gasteiger partial charge in [0.1, 0.15) is 17.6 Å². The number of alkyl halides is 1. The molecule has 200 valence electrons. The van der Waals surface area contributed by atoms with Crippen molar-refractivity contribution < 1.29 is 26.4 Å². The first kappa shape index (κ1) is 26.8. The van der Waals surface area contributed by atoms with Crippen LogP contribution in [0.25, 0.3) is 22.2 Å². The van der Waals surface area contributed by atoms with Crippen LogP contribution in [0.15, 0.2) is 29.2 Å². The molecular weight excluding hydrogens is 515 g/mol. The van der Waals surface area contributed by atoms with Gasteiger partial charge in [0.2, 0.25) is 0 Å². The molecule has 1 saturated heterocycles. The Balaban J connectivity index is 1.76. The normalized spacial score (nSPS) is 16.4. The molecule has 2 aromatic heterocycles. The number of hydroxylamine groups is 1. The van der Waals surface area contributed by atoms with Gasteiger partial charge in [0.25, 0.3) is 11.5 Å². The van der Waals surface area contributed by atoms with Crippen molar-refractivity contribution in [2.24, 2.45) is 12.8 Å². The number of pyridine rings is 1. The lowest BCUT2D eigenvalue weighted by atomic mass is 10.0. The molecule has 0 amide bonds. The molecule has 1 atom stereocenters. The minimum Gasteiger partial charge on any atom is -0.328 e. The highest BCUT2D eigenvalue weighted by molar-refractivity contribution is 7.90. The van der Waals surface area contributed by atoms with E-state index in [-0.39, 0.29) is 49.8 Å². The van der Waals surface area contributed by atoms with Crippen LogP contribution in [0.1, 0.15) is 13.3 Å². The second-order valence-electron chi connectivity index (χ2n) is 8.32. The van der Waals surface area contributed by atoms with E-state index in [4.69, 9.17) is 10.6 Å². The fourth-order valence-electron chi connectivity index (χ4n) is 3.98. The lowest BCUT2D eigenvalue weighted by molar-refractivity contribution is 0.114. The monoisotopic (exact) mass is 541 g/mol. The van der Waals surface area contributed by atoms with Gasteiger partial charge in [-0.1, -0.05) is 0 Å². The summed E-state index contributed by atoms with van der Waals surface area (Å²) in [7, 11) is -2.92. The number of anilines is 2. The molecule has 0 unspecified atom stereocenters. The van der Waals surface area contributed by atoms with E-state index < -0.39 is 44.8 Å². The number of nitrogens with zero attached hydrogens (tertiary/aromatic N) is 5. The van der Waals surface area contributed by atoms with Gasteiger partial charge in [-0.2, -0.15) is 17.7 Å². The number of hydrogen-bond acceptors (Lipinski definition) is 8. The predicted molar refractivity (Wildman–Crippen MR) is 132 cm³/mol. The first-order chi connectivity index (χ1) is 17.6. The first-order valence-corrected chi connectivity index (χ1v) is 12.9. The number of aryl methyl sites for hydroxylation is 1. The smallest absolute Gasteiger partial charge is 0.301 e. The van der Waals surface area contributed by atoms with E-state index in [1.54, 1.807) is 6.92 Å². The molecule has 1 aromatic carbocycles. The molecule has 0 aliphatic carbocycles. The van der Waals surface area contributed by atoms with Crippen molar-refractivity contribution in [2.75, 3.05) is 42.6 Å². The Morgan fingerprint density at radius 2 is 2.08 bits per heavy atom. The van der Waals surface area contributed by atoms with Gasteiger partial charge < -0.3 is 5.73 Å². The summed E-state index contributed by atoms with van der Waals surface area (Å²) in [6, 6.07) is 2.97. The van der Waals surface area contributed by atoms with Crippen LogP contribution in [0.3, 0.4) is 0 Å². The average molecular weight is 542 g/mol. The highest BCUT2D eigenvalue weighted by atomic mass is 32.2. The number of hydrogen-bond donors (Lipinski definition) is 2. The van der Waals surface area contributed by atoms with Crippen LogP contribution >= 0.6 is 0 Å². The molecule has 0 saturated carbocycles. The molecule has 4 rings (SSSR count). The largest absolute Gasteiger partial charge is 0.328 e. The minimum absolute atomic E-state index is 0.0180. The second-order valence-corrected chi connectivity index (χ2v) is 9.99. The molecule has 1 aliphatic heterocycles. The third-order valence-electron chi connectivity index (χ3n) is 5.84. The maximum atomic E-state index is 15.5. The molecule has 3 N–H and O–H groups in total. The van der Waals surface area contributed by atoms with Crippen molar-refractivity contribution in [3.8, 4) is 11.1 Å². The van der Waals surface area contributed by atoms with Gasteiger partial charge in [-0.3, -0.25) is 18.9 Å². The number of aromatic nitrogens is 3. The predicted octanol–water partition coefficient (Wildman–Crippen LogP) is 1.69. The van der Waals surface area contributed by atoms with Gasteiger partial charge in [0.05, 0.1) is 23.4 Å². The number of halogens is 3. The van der Waals surface area contributed by atoms with Crippen molar-refractivity contribution in [1.82, 2.24) is 18.8 Å². The summed E-state index contributed by atoms with van der Waals surface area (Å²) in [6.07, 6.45) is 0.0627. The fourth-order valence-corrected chi connectivity index (χ4v) is 5.25. The average Bonchev–Trinajstić information content (AvgIpc) is 3.32. The van der Waals surface area contributed by atoms with Crippen LogP contribution in [-0.2, 0) is 22.1 Å². The summed E-state index contributed by atoms with van der Waals surface area (Å²) >= 11 is 0. The SMILES string of the molecule is CCN(OCCN)c1ncc2cc(-c3c(F)ccc(NS(=O)(=O)N4CC[C@@H](F)C4)c3F)c(=O)n(C)c2n1. The maximum absolute atomic E-state index is 15.5. The molecule has 15 heteroatoms. The van der Waals surface area contributed by atoms with Gasteiger partial charge in [0.15, 0.2) is 5.82 Å². The van der Waals surface area contributed by atoms with Crippen LogP contribution in [-0.4, -0.2) is 66.2 Å². The molecule has 0 radical (unpaired) electrons. The van der Waals surface area contributed by atoms with Crippen LogP contribution in [0.2, 0.25) is 0 Å². The lowest BCUT2D eigenvalue weighted by Gasteiger charge is -2.20. The van der Waals surface area contributed by atoms with Gasteiger partial charge in [-0.15, -0.1) is 0 Å². The van der Waals surface area contributed by atoms with E-state index in [1.807, 2.05) is 4.72 Å². The summed E-state index contributed by atoms with van der Waals surface area (Å²) < 4.78 is 73.0. The van der Waals surface area contributed by atoms with Crippen molar-refractivity contribution in [1.29, 1.82) is 0 Å². The Labute approximate surface area is 210 Å². The van der Waals surface area contributed by atoms with E-state index in [0.29, 0.717) is 11.9 Å². The lowest BCUT2D eigenvalue weighted by Crippen LogP contribution is -2.34. The van der Waals surface area contributed by atoms with E-state index >= 15 is 4.39 Å². The quantitative estimate of drug-likeness (QED) is 0.391. The van der Waals surface area contributed by atoms with Crippen molar-refractivity contribution in [3.63, 3.8) is 0 Å². The van der Waals surface area contributed by atoms with Gasteiger partial charge >= 0.3 is 10.2 Å². The molecule has 0 spiro atoms. The molecule has 37 heavy (non-hydrogen) atoms. The van der Waals surface area contributed by atoms with Gasteiger partial charge in [-0.25, -0.2) is 23.2 Å². The van der Waals surface area contributed by atoms with Gasteiger partial charge in [0, 0.05) is 44.8 Å². The van der Waals surface area contributed by atoms with E-state index in [9.17, 15) is 22.0 Å². The fraction of sp³-hybridized carbons (Fsp3) is 0.409. The molecular formula is C22H26F3N7O4S. The Kier molecular flexibility index (Phi) is 7.68. The third-order valence-corrected chi connectivity index (χ3v) is 7.33. The zero-order valence-corrected chi connectivity index (χ0v) is 20.9. The number of nitrogens with two attached hydrogens (primary N) is 1. The number of rotatable bonds is 9. The highest BCUT2D eigenvalue weighted by Gasteiger charge is 2.32. The summed E-state index contributed by atoms with van der Waals surface area (Å²) in [5, 5.41) is 1.69. The van der Waals surface area contributed by atoms with E-state index in [0.717, 1.165) is 21.0 Å². The topological polar surface area (TPSA) is 136 Å². The minimum atomic E-state index is -4.30. The number of nitrogens with one attached hydrogen (secondary N) is 1. The molecule has 11 nitrogen and oxygen atoms in total.